The minimum Gasteiger partial charge on any atom is -0.463 e. The van der Waals surface area contributed by atoms with Crippen LogP contribution in [0.2, 0.25) is 0 Å². The number of rotatable bonds is 3. The standard InChI is InChI=1S/C15H16N4O2/c1-2-13(21-7-1)12-10-16-15-4-3-14(18-19(12)15)17-11-5-8-20-9-6-11/h1-4,7,10-11H,5-6,8-9H2,(H,17,18). The summed E-state index contributed by atoms with van der Waals surface area (Å²) in [5.74, 6) is 1.61. The third kappa shape index (κ3) is 2.38. The summed E-state index contributed by atoms with van der Waals surface area (Å²) in [5.41, 5.74) is 1.66. The van der Waals surface area contributed by atoms with Crippen LogP contribution in [0, 0.1) is 0 Å². The number of aromatic nitrogens is 3. The molecule has 3 aromatic heterocycles. The maximum atomic E-state index is 5.44. The second-order valence-electron chi connectivity index (χ2n) is 5.14. The number of fused-ring (bicyclic) bond motifs is 1. The van der Waals surface area contributed by atoms with E-state index in [1.807, 2.05) is 24.3 Å². The third-order valence-corrected chi connectivity index (χ3v) is 3.71. The predicted octanol–water partition coefficient (Wildman–Crippen LogP) is 2.58. The number of ether oxygens (including phenoxy) is 1. The van der Waals surface area contributed by atoms with Gasteiger partial charge >= 0.3 is 0 Å². The Hall–Kier alpha value is -2.34. The van der Waals surface area contributed by atoms with Gasteiger partial charge in [-0.1, -0.05) is 0 Å². The first kappa shape index (κ1) is 12.4. The molecule has 1 N–H and O–H groups in total. The van der Waals surface area contributed by atoms with Crippen molar-refractivity contribution in [3.63, 3.8) is 0 Å². The zero-order valence-electron chi connectivity index (χ0n) is 11.5. The van der Waals surface area contributed by atoms with Gasteiger partial charge in [0.25, 0.3) is 0 Å². The first-order chi connectivity index (χ1) is 10.4. The van der Waals surface area contributed by atoms with Crippen LogP contribution < -0.4 is 5.32 Å². The van der Waals surface area contributed by atoms with Crippen molar-refractivity contribution < 1.29 is 9.15 Å². The maximum absolute atomic E-state index is 5.44. The van der Waals surface area contributed by atoms with E-state index >= 15 is 0 Å². The monoisotopic (exact) mass is 284 g/mol. The molecule has 4 rings (SSSR count). The van der Waals surface area contributed by atoms with Gasteiger partial charge in [0.15, 0.2) is 11.4 Å². The number of anilines is 1. The molecular weight excluding hydrogens is 268 g/mol. The highest BCUT2D eigenvalue weighted by Gasteiger charge is 2.15. The second kappa shape index (κ2) is 5.21. The van der Waals surface area contributed by atoms with Gasteiger partial charge in [0.05, 0.1) is 12.5 Å². The first-order valence-electron chi connectivity index (χ1n) is 7.13. The lowest BCUT2D eigenvalue weighted by Gasteiger charge is -2.23. The number of nitrogens with zero attached hydrogens (tertiary/aromatic N) is 3. The normalized spacial score (nSPS) is 16.4. The summed E-state index contributed by atoms with van der Waals surface area (Å²) in [6.45, 7) is 1.62. The lowest BCUT2D eigenvalue weighted by Crippen LogP contribution is -2.28. The Morgan fingerprint density at radius 3 is 2.90 bits per heavy atom. The van der Waals surface area contributed by atoms with Crippen molar-refractivity contribution in [2.24, 2.45) is 0 Å². The SMILES string of the molecule is c1coc(-c2cnc3ccc(NC4CCOCC4)nn23)c1. The Balaban J connectivity index is 1.66. The van der Waals surface area contributed by atoms with Crippen LogP contribution in [0.25, 0.3) is 17.1 Å². The Labute approximate surface area is 121 Å². The summed E-state index contributed by atoms with van der Waals surface area (Å²) in [5, 5.41) is 8.09. The van der Waals surface area contributed by atoms with E-state index in [4.69, 9.17) is 9.15 Å². The average Bonchev–Trinajstić information content (AvgIpc) is 3.16. The van der Waals surface area contributed by atoms with Crippen LogP contribution in [0.4, 0.5) is 5.82 Å². The second-order valence-corrected chi connectivity index (χ2v) is 5.14. The molecule has 0 amide bonds. The summed E-state index contributed by atoms with van der Waals surface area (Å²) in [6, 6.07) is 8.10. The van der Waals surface area contributed by atoms with Gasteiger partial charge in [0.1, 0.15) is 11.5 Å². The van der Waals surface area contributed by atoms with Crippen LogP contribution in [0.3, 0.4) is 0 Å². The summed E-state index contributed by atoms with van der Waals surface area (Å²) in [4.78, 5) is 4.36. The largest absolute Gasteiger partial charge is 0.463 e. The van der Waals surface area contributed by atoms with E-state index in [0.717, 1.165) is 49.0 Å². The molecule has 0 aliphatic carbocycles. The van der Waals surface area contributed by atoms with E-state index in [-0.39, 0.29) is 0 Å². The Bertz CT molecular complexity index is 729. The minimum absolute atomic E-state index is 0.416. The molecule has 1 saturated heterocycles. The molecule has 0 unspecified atom stereocenters. The van der Waals surface area contributed by atoms with Gasteiger partial charge in [-0.25, -0.2) is 9.50 Å². The quantitative estimate of drug-likeness (QED) is 0.801. The summed E-state index contributed by atoms with van der Waals surface area (Å²) in [7, 11) is 0. The van der Waals surface area contributed by atoms with Gasteiger partial charge in [-0.3, -0.25) is 0 Å². The molecule has 21 heavy (non-hydrogen) atoms. The maximum Gasteiger partial charge on any atom is 0.154 e. The molecule has 3 aromatic rings. The van der Waals surface area contributed by atoms with Crippen molar-refractivity contribution in [2.75, 3.05) is 18.5 Å². The Morgan fingerprint density at radius 1 is 1.19 bits per heavy atom. The van der Waals surface area contributed by atoms with Gasteiger partial charge in [-0.2, -0.15) is 0 Å². The van der Waals surface area contributed by atoms with Crippen molar-refractivity contribution in [1.82, 2.24) is 14.6 Å². The van der Waals surface area contributed by atoms with Crippen molar-refractivity contribution in [3.8, 4) is 11.5 Å². The van der Waals surface area contributed by atoms with Crippen molar-refractivity contribution in [2.45, 2.75) is 18.9 Å². The molecule has 6 heteroatoms. The topological polar surface area (TPSA) is 64.6 Å². The Morgan fingerprint density at radius 2 is 2.10 bits per heavy atom. The molecule has 1 aliphatic heterocycles. The van der Waals surface area contributed by atoms with Crippen molar-refractivity contribution in [3.05, 3.63) is 36.7 Å². The fraction of sp³-hybridized carbons (Fsp3) is 0.333. The number of nitrogens with one attached hydrogen (secondary N) is 1. The highest BCUT2D eigenvalue weighted by molar-refractivity contribution is 5.58. The fourth-order valence-corrected chi connectivity index (χ4v) is 2.59. The van der Waals surface area contributed by atoms with Crippen molar-refractivity contribution in [1.29, 1.82) is 0 Å². The van der Waals surface area contributed by atoms with Crippen LogP contribution >= 0.6 is 0 Å². The zero-order valence-corrected chi connectivity index (χ0v) is 11.5. The molecule has 0 aromatic carbocycles. The van der Waals surface area contributed by atoms with Gasteiger partial charge < -0.3 is 14.5 Å². The highest BCUT2D eigenvalue weighted by atomic mass is 16.5. The number of hydrogen-bond acceptors (Lipinski definition) is 5. The molecule has 0 atom stereocenters. The van der Waals surface area contributed by atoms with E-state index in [2.05, 4.69) is 15.4 Å². The molecule has 0 radical (unpaired) electrons. The van der Waals surface area contributed by atoms with Crippen LogP contribution in [-0.2, 0) is 4.74 Å². The molecule has 6 nitrogen and oxygen atoms in total. The van der Waals surface area contributed by atoms with Gasteiger partial charge in [-0.15, -0.1) is 5.10 Å². The summed E-state index contributed by atoms with van der Waals surface area (Å²) in [6.07, 6.45) is 5.45. The van der Waals surface area contributed by atoms with Crippen LogP contribution in [0.1, 0.15) is 12.8 Å². The zero-order chi connectivity index (χ0) is 14.1. The lowest BCUT2D eigenvalue weighted by atomic mass is 10.1. The predicted molar refractivity (Wildman–Crippen MR) is 78.2 cm³/mol. The lowest BCUT2D eigenvalue weighted by molar-refractivity contribution is 0.0903. The highest BCUT2D eigenvalue weighted by Crippen LogP contribution is 2.21. The van der Waals surface area contributed by atoms with Gasteiger partial charge in [-0.05, 0) is 37.1 Å². The molecule has 0 bridgehead atoms. The van der Waals surface area contributed by atoms with Crippen LogP contribution in [0.15, 0.2) is 41.1 Å². The number of imidazole rings is 1. The average molecular weight is 284 g/mol. The van der Waals surface area contributed by atoms with Crippen LogP contribution in [-0.4, -0.2) is 33.9 Å². The smallest absolute Gasteiger partial charge is 0.154 e. The molecular formula is C15H16N4O2. The van der Waals surface area contributed by atoms with Gasteiger partial charge in [0.2, 0.25) is 0 Å². The summed E-state index contributed by atoms with van der Waals surface area (Å²) < 4.78 is 12.6. The molecule has 4 heterocycles. The van der Waals surface area contributed by atoms with Crippen molar-refractivity contribution >= 4 is 11.5 Å². The Kier molecular flexibility index (Phi) is 3.08. The third-order valence-electron chi connectivity index (χ3n) is 3.71. The fourth-order valence-electron chi connectivity index (χ4n) is 2.59. The number of hydrogen-bond donors (Lipinski definition) is 1. The molecule has 1 aliphatic rings. The van der Waals surface area contributed by atoms with E-state index in [9.17, 15) is 0 Å². The van der Waals surface area contributed by atoms with E-state index in [1.165, 1.54) is 0 Å². The van der Waals surface area contributed by atoms with Gasteiger partial charge in [0, 0.05) is 19.3 Å². The molecule has 0 saturated carbocycles. The van der Waals surface area contributed by atoms with E-state index in [0.29, 0.717) is 6.04 Å². The van der Waals surface area contributed by atoms with E-state index in [1.54, 1.807) is 17.0 Å². The molecule has 0 spiro atoms. The molecule has 1 fully saturated rings. The van der Waals surface area contributed by atoms with Crippen LogP contribution in [0.5, 0.6) is 0 Å². The van der Waals surface area contributed by atoms with E-state index < -0.39 is 0 Å². The first-order valence-corrected chi connectivity index (χ1v) is 7.13. The number of furan rings is 1. The molecule has 108 valence electrons. The minimum atomic E-state index is 0.416. The summed E-state index contributed by atoms with van der Waals surface area (Å²) >= 11 is 0.